The van der Waals surface area contributed by atoms with Crippen molar-refractivity contribution in [2.45, 2.75) is 117 Å². The van der Waals surface area contributed by atoms with Crippen LogP contribution >= 0.6 is 15.9 Å². The zero-order valence-corrected chi connectivity index (χ0v) is 61.1. The first-order chi connectivity index (χ1) is 48.9. The summed E-state index contributed by atoms with van der Waals surface area (Å²) in [5.74, 6) is -0.608. The molecule has 7 rings (SSSR count). The van der Waals surface area contributed by atoms with E-state index in [1.807, 2.05) is 33.9 Å². The number of carbonyl (C=O) groups is 7. The van der Waals surface area contributed by atoms with Crippen LogP contribution in [0.25, 0.3) is 0 Å². The Morgan fingerprint density at radius 2 is 1.12 bits per heavy atom. The van der Waals surface area contributed by atoms with Crippen molar-refractivity contribution < 1.29 is 99.9 Å². The highest BCUT2D eigenvalue weighted by atomic mass is 79.9. The summed E-state index contributed by atoms with van der Waals surface area (Å²) in [6, 6.07) is 12.1. The van der Waals surface area contributed by atoms with E-state index in [4.69, 9.17) is 66.3 Å². The number of hydrogen-bond donors (Lipinski definition) is 2. The van der Waals surface area contributed by atoms with Gasteiger partial charge >= 0.3 is 6.09 Å². The number of alkyl halides is 1. The summed E-state index contributed by atoms with van der Waals surface area (Å²) >= 11 is 3.08. The first kappa shape index (κ1) is 80.9. The molecule has 27 nitrogen and oxygen atoms in total. The van der Waals surface area contributed by atoms with Gasteiger partial charge in [-0.15, -0.1) is 0 Å². The molecular formula is C73H101BrN6O21. The summed E-state index contributed by atoms with van der Waals surface area (Å²) in [4.78, 5) is 103. The van der Waals surface area contributed by atoms with Crippen molar-refractivity contribution in [2.24, 2.45) is 16.8 Å². The molecule has 0 saturated carbocycles. The molecule has 0 unspecified atom stereocenters. The number of ketones is 2. The van der Waals surface area contributed by atoms with Gasteiger partial charge in [-0.2, -0.15) is 0 Å². The van der Waals surface area contributed by atoms with E-state index in [0.29, 0.717) is 170 Å². The normalized spacial score (nSPS) is 16.7. The van der Waals surface area contributed by atoms with Crippen molar-refractivity contribution in [2.75, 3.05) is 157 Å². The molecule has 0 bridgehead atoms. The molecule has 0 saturated heterocycles. The van der Waals surface area contributed by atoms with Gasteiger partial charge in [-0.1, -0.05) is 65.2 Å². The number of unbranched alkanes of at least 4 members (excludes halogenated alkanes) is 2. The number of halogens is 1. The number of nitrogens with one attached hydrogen (secondary N) is 2. The number of Topliss-reactive ketones (excluding diaryl/α,β-unsaturated/α-hetero) is 2. The lowest BCUT2D eigenvalue weighted by Crippen LogP contribution is -2.51. The van der Waals surface area contributed by atoms with Gasteiger partial charge in [0.25, 0.3) is 11.8 Å². The van der Waals surface area contributed by atoms with Gasteiger partial charge < -0.3 is 86.7 Å². The minimum absolute atomic E-state index is 0.00240. The van der Waals surface area contributed by atoms with Crippen molar-refractivity contribution in [3.63, 3.8) is 0 Å². The van der Waals surface area contributed by atoms with E-state index in [1.165, 1.54) is 26.2 Å². The lowest BCUT2D eigenvalue weighted by Gasteiger charge is -2.34. The zero-order chi connectivity index (χ0) is 72.5. The predicted molar refractivity (Wildman–Crippen MR) is 378 cm³/mol. The molecule has 4 aliphatic heterocycles. The highest BCUT2D eigenvalue weighted by molar-refractivity contribution is 9.09. The van der Waals surface area contributed by atoms with Gasteiger partial charge in [-0.25, -0.2) is 9.69 Å². The predicted octanol–water partition coefficient (Wildman–Crippen LogP) is 8.30. The van der Waals surface area contributed by atoms with E-state index in [2.05, 4.69) is 31.6 Å². The average molecular weight is 1480 g/mol. The lowest BCUT2D eigenvalue weighted by atomic mass is 9.88. The van der Waals surface area contributed by atoms with Gasteiger partial charge in [0, 0.05) is 69.6 Å². The Morgan fingerprint density at radius 3 is 1.67 bits per heavy atom. The molecule has 2 N–H and O–H groups in total. The van der Waals surface area contributed by atoms with Gasteiger partial charge in [0.1, 0.15) is 12.4 Å². The number of methoxy groups -OCH3 is 3. The molecule has 101 heavy (non-hydrogen) atoms. The second kappa shape index (κ2) is 43.5. The van der Waals surface area contributed by atoms with Crippen LogP contribution in [-0.4, -0.2) is 234 Å². The van der Waals surface area contributed by atoms with Gasteiger partial charge in [-0.05, 0) is 82.1 Å². The number of aliphatic imine (C=N–C) groups is 1. The van der Waals surface area contributed by atoms with E-state index in [-0.39, 0.29) is 109 Å². The summed E-state index contributed by atoms with van der Waals surface area (Å²) in [6.45, 7) is 16.5. The second-order valence-corrected chi connectivity index (χ2v) is 25.5. The van der Waals surface area contributed by atoms with E-state index in [1.54, 1.807) is 77.7 Å². The molecule has 5 atom stereocenters. The molecule has 5 amide bonds. The fourth-order valence-corrected chi connectivity index (χ4v) is 11.7. The molecule has 0 aromatic heterocycles. The van der Waals surface area contributed by atoms with Crippen LogP contribution in [0.15, 0.2) is 77.1 Å². The molecule has 4 heterocycles. The number of fused-ring (bicyclic) bond motifs is 4. The fraction of sp³-hybridized carbons (Fsp3) is 0.589. The highest BCUT2D eigenvalue weighted by Gasteiger charge is 2.46. The standard InChI is InChI=1S/C73H101BrN6O21/c1-49(2)57(39-56(81)16-20-91-22-24-93-26-28-95-30-32-97-34-35-98-33-31-96-29-27-94-25-23-92-21-17-75-68(83)44-74)69(84)77-52(5)63(82)38-53-12-14-54(15-13-53)48-101-73(87)80-61-43-67(65(89-7)41-59(61)71(86)79-47-51(4)37-62(79)72(80)90-8)100-19-11-9-10-18-99-66-42-60-58(40-64(66)88-6)70(85)78-46-50(3)36-55(78)45-76-60/h12-15,40-43,45-47,49,52,55,57,62,72H,9-11,16-39,44,48H2,1-8H3,(H,75,83)(H,77,84)/t52-,55-,57-,62-,72-/m0/s1. The number of benzene rings is 3. The minimum atomic E-state index is -0.958. The maximum Gasteiger partial charge on any atom is 0.416 e. The van der Waals surface area contributed by atoms with Crippen LogP contribution < -0.4 is 34.5 Å². The summed E-state index contributed by atoms with van der Waals surface area (Å²) in [5.41, 5.74) is 4.71. The van der Waals surface area contributed by atoms with Crippen molar-refractivity contribution in [1.29, 1.82) is 0 Å². The Kier molecular flexibility index (Phi) is 34.9. The Morgan fingerprint density at radius 1 is 0.604 bits per heavy atom. The van der Waals surface area contributed by atoms with Crippen molar-refractivity contribution in [3.8, 4) is 23.0 Å². The van der Waals surface area contributed by atoms with E-state index in [9.17, 15) is 33.6 Å². The van der Waals surface area contributed by atoms with Gasteiger partial charge in [0.05, 0.1) is 179 Å². The zero-order valence-electron chi connectivity index (χ0n) is 59.6. The quantitative estimate of drug-likeness (QED) is 0.0397. The van der Waals surface area contributed by atoms with Crippen molar-refractivity contribution in [1.82, 2.24) is 20.4 Å². The number of ether oxygens (including phenoxy) is 14. The van der Waals surface area contributed by atoms with Crippen molar-refractivity contribution in [3.05, 3.63) is 94.3 Å². The number of rotatable bonds is 49. The maximum absolute atomic E-state index is 14.5. The molecule has 0 aliphatic carbocycles. The van der Waals surface area contributed by atoms with Gasteiger partial charge in [0.2, 0.25) is 11.8 Å². The van der Waals surface area contributed by atoms with Gasteiger partial charge in [0.15, 0.2) is 35.0 Å². The number of hydrogen-bond acceptors (Lipinski definition) is 22. The monoisotopic (exact) mass is 1480 g/mol. The summed E-state index contributed by atoms with van der Waals surface area (Å²) in [5, 5.41) is 5.80. The Hall–Kier alpha value is -7.38. The summed E-state index contributed by atoms with van der Waals surface area (Å²) in [7, 11) is 4.49. The first-order valence-electron chi connectivity index (χ1n) is 34.5. The molecule has 0 fully saturated rings. The van der Waals surface area contributed by atoms with E-state index >= 15 is 0 Å². The number of anilines is 1. The number of nitrogens with zero attached hydrogens (tertiary/aromatic N) is 4. The smallest absolute Gasteiger partial charge is 0.416 e. The SMILES string of the molecule is COc1cc2c(cc1OCCCCCOc1cc3c(cc1OC)C(=O)N1C=C(C)C[C@H]1[C@H](OC)N3C(=O)OCc1ccc(CC(=O)[C@H](C)NC(=O)[C@@H](CC(=O)CCOCCOCCOCCOCCOCCOCCOCCOCCNC(=O)CBr)C(C)C)cc1)N=C[C@@H]1CC(C)=CN1C2=O. The van der Waals surface area contributed by atoms with Crippen LogP contribution in [0.1, 0.15) is 111 Å². The van der Waals surface area contributed by atoms with Crippen LogP contribution in [0, 0.1) is 11.8 Å². The fourth-order valence-electron chi connectivity index (χ4n) is 11.5. The summed E-state index contributed by atoms with van der Waals surface area (Å²) < 4.78 is 80.0. The Bertz CT molecular complexity index is 3280. The molecule has 3 aromatic rings. The second-order valence-electron chi connectivity index (χ2n) is 25.0. The van der Waals surface area contributed by atoms with E-state index < -0.39 is 30.3 Å². The number of carbonyl (C=O) groups excluding carboxylic acids is 7. The third kappa shape index (κ3) is 25.5. The molecular weight excluding hydrogens is 1380 g/mol. The minimum Gasteiger partial charge on any atom is -0.493 e. The van der Waals surface area contributed by atoms with Crippen molar-refractivity contribution >= 4 is 74.8 Å². The van der Waals surface area contributed by atoms with Crippen LogP contribution in [0.5, 0.6) is 23.0 Å². The highest BCUT2D eigenvalue weighted by Crippen LogP contribution is 2.43. The van der Waals surface area contributed by atoms with E-state index in [0.717, 1.165) is 24.0 Å². The van der Waals surface area contributed by atoms with Crippen LogP contribution in [0.3, 0.4) is 0 Å². The average Bonchev–Trinajstić information content (AvgIpc) is 1.62. The lowest BCUT2D eigenvalue weighted by molar-refractivity contribution is -0.133. The van der Waals surface area contributed by atoms with Gasteiger partial charge in [-0.3, -0.25) is 33.8 Å². The topological polar surface area (TPSA) is 295 Å². The molecule has 0 radical (unpaired) electrons. The maximum atomic E-state index is 14.5. The first-order valence-corrected chi connectivity index (χ1v) is 35.7. The van der Waals surface area contributed by atoms with Crippen LogP contribution in [0.2, 0.25) is 0 Å². The Balaban J connectivity index is 0.766. The molecule has 28 heteroatoms. The molecule has 0 spiro atoms. The largest absolute Gasteiger partial charge is 0.493 e. The molecule has 3 aromatic carbocycles. The third-order valence-corrected chi connectivity index (χ3v) is 17.5. The molecule has 556 valence electrons. The Labute approximate surface area is 600 Å². The van der Waals surface area contributed by atoms with Crippen LogP contribution in [0.4, 0.5) is 16.2 Å². The number of amides is 5. The molecule has 4 aliphatic rings. The summed E-state index contributed by atoms with van der Waals surface area (Å²) in [6.07, 6.45) is 7.05. The van der Waals surface area contributed by atoms with Crippen LogP contribution in [-0.2, 0) is 79.6 Å². The third-order valence-electron chi connectivity index (χ3n) is 17.0.